The minimum Gasteiger partial charge on any atom is -0.394 e. The predicted octanol–water partition coefficient (Wildman–Crippen LogP) is 8.72. The summed E-state index contributed by atoms with van der Waals surface area (Å²) in [5.74, 6) is -0.189. The van der Waals surface area contributed by atoms with E-state index in [-0.39, 0.29) is 12.5 Å². The largest absolute Gasteiger partial charge is 0.394 e. The smallest absolute Gasteiger partial charge is 0.220 e. The van der Waals surface area contributed by atoms with Crippen molar-refractivity contribution in [3.63, 3.8) is 0 Å². The molecule has 1 aliphatic rings. The molecule has 0 aromatic rings. The molecule has 7 unspecified atom stereocenters. The van der Waals surface area contributed by atoms with E-state index in [2.05, 4.69) is 31.3 Å². The number of aliphatic hydroxyl groups is 5. The molecule has 1 fully saturated rings. The average molecular weight is 754 g/mol. The Hall–Kier alpha value is -1.33. The Bertz CT molecular complexity index is 883. The third-order valence-corrected chi connectivity index (χ3v) is 10.5. The van der Waals surface area contributed by atoms with Crippen molar-refractivity contribution in [1.29, 1.82) is 0 Å². The monoisotopic (exact) mass is 754 g/mol. The van der Waals surface area contributed by atoms with Crippen LogP contribution in [0.2, 0.25) is 0 Å². The van der Waals surface area contributed by atoms with E-state index in [1.165, 1.54) is 135 Å². The second-order valence-corrected chi connectivity index (χ2v) is 15.5. The molecule has 1 aliphatic heterocycles. The number of nitrogens with one attached hydrogen (secondary N) is 1. The fourth-order valence-corrected chi connectivity index (χ4v) is 6.94. The van der Waals surface area contributed by atoms with Crippen LogP contribution in [-0.2, 0) is 14.3 Å². The SMILES string of the molecule is CCCCCCCCCCCCCCCC/C=C/CC/C=C/C(O)C(COC1OC(CO)C(O)C(O)C1O)NC(=O)CCCCCCCCCCCC. The summed E-state index contributed by atoms with van der Waals surface area (Å²) < 4.78 is 11.2. The van der Waals surface area contributed by atoms with E-state index in [1.807, 2.05) is 6.08 Å². The van der Waals surface area contributed by atoms with Gasteiger partial charge in [0.15, 0.2) is 6.29 Å². The molecule has 53 heavy (non-hydrogen) atoms. The van der Waals surface area contributed by atoms with Gasteiger partial charge in [-0.2, -0.15) is 0 Å². The number of carbonyl (C=O) groups excluding carboxylic acids is 1. The maximum atomic E-state index is 12.9. The van der Waals surface area contributed by atoms with Gasteiger partial charge in [0.2, 0.25) is 5.91 Å². The maximum Gasteiger partial charge on any atom is 0.220 e. The van der Waals surface area contributed by atoms with Gasteiger partial charge in [-0.15, -0.1) is 0 Å². The fourth-order valence-electron chi connectivity index (χ4n) is 6.94. The lowest BCUT2D eigenvalue weighted by molar-refractivity contribution is -0.302. The number of carbonyl (C=O) groups is 1. The normalized spacial score (nSPS) is 21.8. The van der Waals surface area contributed by atoms with Gasteiger partial charge in [0.25, 0.3) is 0 Å². The first kappa shape index (κ1) is 49.7. The highest BCUT2D eigenvalue weighted by Crippen LogP contribution is 2.22. The lowest BCUT2D eigenvalue weighted by Gasteiger charge is -2.40. The minimum atomic E-state index is -1.57. The number of ether oxygens (including phenoxy) is 2. The molecule has 0 radical (unpaired) electrons. The lowest BCUT2D eigenvalue weighted by Crippen LogP contribution is -2.60. The van der Waals surface area contributed by atoms with Crippen molar-refractivity contribution < 1.29 is 39.8 Å². The summed E-state index contributed by atoms with van der Waals surface area (Å²) in [6.07, 6.45) is 33.7. The quantitative estimate of drug-likeness (QED) is 0.0275. The van der Waals surface area contributed by atoms with Gasteiger partial charge in [-0.25, -0.2) is 0 Å². The van der Waals surface area contributed by atoms with Gasteiger partial charge in [0.05, 0.1) is 25.4 Å². The molecule has 1 amide bonds. The molecule has 0 spiro atoms. The molecule has 0 bridgehead atoms. The predicted molar refractivity (Wildman–Crippen MR) is 217 cm³/mol. The van der Waals surface area contributed by atoms with E-state index >= 15 is 0 Å². The Labute approximate surface area is 324 Å². The molecule has 9 nitrogen and oxygen atoms in total. The van der Waals surface area contributed by atoms with E-state index in [0.29, 0.717) is 6.42 Å². The van der Waals surface area contributed by atoms with Gasteiger partial charge >= 0.3 is 0 Å². The van der Waals surface area contributed by atoms with Crippen molar-refractivity contribution in [2.24, 2.45) is 0 Å². The highest BCUT2D eigenvalue weighted by molar-refractivity contribution is 5.76. The number of amides is 1. The third kappa shape index (κ3) is 26.2. The third-order valence-electron chi connectivity index (χ3n) is 10.5. The van der Waals surface area contributed by atoms with Gasteiger partial charge in [0, 0.05) is 6.42 Å². The van der Waals surface area contributed by atoms with E-state index < -0.39 is 49.5 Å². The summed E-state index contributed by atoms with van der Waals surface area (Å²) in [7, 11) is 0. The molecule has 312 valence electrons. The first-order valence-corrected chi connectivity index (χ1v) is 22.1. The van der Waals surface area contributed by atoms with Crippen LogP contribution in [-0.4, -0.2) is 87.5 Å². The van der Waals surface area contributed by atoms with Crippen LogP contribution in [0.25, 0.3) is 0 Å². The Balaban J connectivity index is 2.37. The Kier molecular flexibility index (Phi) is 32.9. The maximum absolute atomic E-state index is 12.9. The van der Waals surface area contributed by atoms with Gasteiger partial charge in [-0.1, -0.05) is 179 Å². The van der Waals surface area contributed by atoms with Gasteiger partial charge in [-0.05, 0) is 32.1 Å². The van der Waals surface area contributed by atoms with E-state index in [0.717, 1.165) is 38.5 Å². The van der Waals surface area contributed by atoms with Gasteiger partial charge in [0.1, 0.15) is 24.4 Å². The van der Waals surface area contributed by atoms with E-state index in [4.69, 9.17) is 9.47 Å². The highest BCUT2D eigenvalue weighted by Gasteiger charge is 2.44. The Morgan fingerprint density at radius 3 is 1.58 bits per heavy atom. The van der Waals surface area contributed by atoms with Crippen molar-refractivity contribution in [3.8, 4) is 0 Å². The molecule has 0 aromatic heterocycles. The zero-order valence-electron chi connectivity index (χ0n) is 34.0. The van der Waals surface area contributed by atoms with Crippen LogP contribution in [0.4, 0.5) is 0 Å². The van der Waals surface area contributed by atoms with Crippen LogP contribution < -0.4 is 5.32 Å². The van der Waals surface area contributed by atoms with Crippen LogP contribution in [0.15, 0.2) is 24.3 Å². The molecule has 0 saturated carbocycles. The summed E-state index contributed by atoms with van der Waals surface area (Å²) in [5.41, 5.74) is 0. The summed E-state index contributed by atoms with van der Waals surface area (Å²) in [4.78, 5) is 12.9. The number of hydrogen-bond acceptors (Lipinski definition) is 8. The average Bonchev–Trinajstić information content (AvgIpc) is 3.16. The van der Waals surface area contributed by atoms with Crippen LogP contribution in [0.1, 0.15) is 194 Å². The van der Waals surface area contributed by atoms with E-state index in [1.54, 1.807) is 6.08 Å². The highest BCUT2D eigenvalue weighted by atomic mass is 16.7. The molecule has 6 N–H and O–H groups in total. The summed E-state index contributed by atoms with van der Waals surface area (Å²) in [6, 6.07) is -0.815. The second-order valence-electron chi connectivity index (χ2n) is 15.5. The minimum absolute atomic E-state index is 0.189. The topological polar surface area (TPSA) is 149 Å². The zero-order valence-corrected chi connectivity index (χ0v) is 34.0. The van der Waals surface area contributed by atoms with Crippen molar-refractivity contribution in [1.82, 2.24) is 5.32 Å². The van der Waals surface area contributed by atoms with Crippen molar-refractivity contribution in [2.45, 2.75) is 236 Å². The zero-order chi connectivity index (χ0) is 38.8. The van der Waals surface area contributed by atoms with Gasteiger partial charge < -0.3 is 40.3 Å². The summed E-state index contributed by atoms with van der Waals surface area (Å²) in [6.45, 7) is 3.74. The molecular formula is C44H83NO8. The Morgan fingerprint density at radius 1 is 0.623 bits per heavy atom. The van der Waals surface area contributed by atoms with Crippen LogP contribution in [0.3, 0.4) is 0 Å². The molecule has 9 heteroatoms. The second kappa shape index (κ2) is 35.1. The van der Waals surface area contributed by atoms with Crippen molar-refractivity contribution in [2.75, 3.05) is 13.2 Å². The number of unbranched alkanes of at least 4 members (excludes halogenated alkanes) is 24. The first-order chi connectivity index (χ1) is 25.8. The summed E-state index contributed by atoms with van der Waals surface area (Å²) >= 11 is 0. The number of aliphatic hydroxyl groups excluding tert-OH is 5. The standard InChI is InChI=1S/C44H83NO8/c1-3-5-7-9-11-13-15-16-17-18-19-20-21-22-23-24-25-27-29-31-33-38(47)37(36-52-44-43(51)42(50)41(49)39(35-46)53-44)45-40(48)34-32-30-28-26-14-12-10-8-6-4-2/h24-25,31,33,37-39,41-44,46-47,49-51H,3-23,26-30,32,34-36H2,1-2H3,(H,45,48)/b25-24+,33-31+. The summed E-state index contributed by atoms with van der Waals surface area (Å²) in [5, 5.41) is 54.0. The Morgan fingerprint density at radius 2 is 1.08 bits per heavy atom. The molecule has 1 rings (SSSR count). The fraction of sp³-hybridized carbons (Fsp3) is 0.886. The molecule has 0 aliphatic carbocycles. The van der Waals surface area contributed by atoms with Gasteiger partial charge in [-0.3, -0.25) is 4.79 Å². The molecular weight excluding hydrogens is 670 g/mol. The molecule has 1 heterocycles. The van der Waals surface area contributed by atoms with Crippen LogP contribution in [0.5, 0.6) is 0 Å². The molecule has 1 saturated heterocycles. The van der Waals surface area contributed by atoms with Crippen LogP contribution in [0, 0.1) is 0 Å². The van der Waals surface area contributed by atoms with Crippen molar-refractivity contribution >= 4 is 5.91 Å². The van der Waals surface area contributed by atoms with E-state index in [9.17, 15) is 30.3 Å². The number of rotatable bonds is 36. The number of allylic oxidation sites excluding steroid dienone is 3. The van der Waals surface area contributed by atoms with Crippen LogP contribution >= 0.6 is 0 Å². The van der Waals surface area contributed by atoms with Crippen molar-refractivity contribution in [3.05, 3.63) is 24.3 Å². The first-order valence-electron chi connectivity index (χ1n) is 22.1. The molecule has 7 atom stereocenters. The number of hydrogen-bond donors (Lipinski definition) is 6. The molecule has 0 aromatic carbocycles. The lowest BCUT2D eigenvalue weighted by atomic mass is 9.99.